The Balaban J connectivity index is 1.43. The molecule has 0 spiro atoms. The number of hydrogen-bond donors (Lipinski definition) is 1. The third-order valence-electron chi connectivity index (χ3n) is 4.66. The van der Waals surface area contributed by atoms with E-state index in [-0.39, 0.29) is 24.7 Å². The Hall–Kier alpha value is -2.62. The molecule has 0 unspecified atom stereocenters. The van der Waals surface area contributed by atoms with E-state index in [2.05, 4.69) is 17.4 Å². The number of benzene rings is 2. The molecule has 3 rings (SSSR count). The molecule has 0 aromatic heterocycles. The molecule has 0 bridgehead atoms. The lowest BCUT2D eigenvalue weighted by Gasteiger charge is -2.28. The highest BCUT2D eigenvalue weighted by Crippen LogP contribution is 2.19. The molecule has 0 aliphatic carbocycles. The van der Waals surface area contributed by atoms with Gasteiger partial charge in [0.1, 0.15) is 0 Å². The Labute approximate surface area is 148 Å². The number of carbonyl (C=O) groups excluding carboxylic acids is 2. The molecule has 0 saturated carbocycles. The molecular weight excluding hydrogens is 312 g/mol. The zero-order valence-electron chi connectivity index (χ0n) is 14.6. The summed E-state index contributed by atoms with van der Waals surface area (Å²) in [6.45, 7) is 3.93. The lowest BCUT2D eigenvalue weighted by atomic mass is 9.99. The molecule has 4 heteroatoms. The summed E-state index contributed by atoms with van der Waals surface area (Å²) in [6.07, 6.45) is 1.40. The summed E-state index contributed by atoms with van der Waals surface area (Å²) >= 11 is 0. The van der Waals surface area contributed by atoms with E-state index in [9.17, 15) is 9.59 Å². The van der Waals surface area contributed by atoms with Crippen LogP contribution in [-0.2, 0) is 29.1 Å². The SMILES string of the molecule is Cc1ccc(CNC(=O)CCC(=O)N2CCc3ccccc3C2)cc1. The third-order valence-corrected chi connectivity index (χ3v) is 4.66. The van der Waals surface area contributed by atoms with Crippen molar-refractivity contribution in [3.63, 3.8) is 0 Å². The minimum absolute atomic E-state index is 0.0555. The van der Waals surface area contributed by atoms with Gasteiger partial charge in [0.15, 0.2) is 0 Å². The van der Waals surface area contributed by atoms with Crippen LogP contribution in [0, 0.1) is 6.92 Å². The van der Waals surface area contributed by atoms with Crippen LogP contribution in [0.15, 0.2) is 48.5 Å². The van der Waals surface area contributed by atoms with Gasteiger partial charge in [-0.05, 0) is 30.0 Å². The number of hydrogen-bond acceptors (Lipinski definition) is 2. The smallest absolute Gasteiger partial charge is 0.223 e. The molecule has 0 atom stereocenters. The van der Waals surface area contributed by atoms with Gasteiger partial charge in [0, 0.05) is 32.5 Å². The fourth-order valence-corrected chi connectivity index (χ4v) is 3.08. The van der Waals surface area contributed by atoms with Crippen LogP contribution < -0.4 is 5.32 Å². The number of carbonyl (C=O) groups is 2. The fourth-order valence-electron chi connectivity index (χ4n) is 3.08. The standard InChI is InChI=1S/C21H24N2O2/c1-16-6-8-17(9-7-16)14-22-20(24)10-11-21(25)23-13-12-18-4-2-3-5-19(18)15-23/h2-9H,10-15H2,1H3,(H,22,24). The molecule has 1 aliphatic heterocycles. The molecule has 25 heavy (non-hydrogen) atoms. The molecule has 2 aromatic rings. The first-order valence-corrected chi connectivity index (χ1v) is 8.78. The Morgan fingerprint density at radius 1 is 1.00 bits per heavy atom. The maximum absolute atomic E-state index is 12.4. The van der Waals surface area contributed by atoms with E-state index in [0.717, 1.165) is 18.5 Å². The van der Waals surface area contributed by atoms with Gasteiger partial charge in [0.2, 0.25) is 11.8 Å². The topological polar surface area (TPSA) is 49.4 Å². The van der Waals surface area contributed by atoms with E-state index in [1.165, 1.54) is 16.7 Å². The molecule has 2 amide bonds. The Bertz CT molecular complexity index is 753. The third kappa shape index (κ3) is 4.69. The molecule has 4 nitrogen and oxygen atoms in total. The van der Waals surface area contributed by atoms with Gasteiger partial charge in [-0.1, -0.05) is 54.1 Å². The van der Waals surface area contributed by atoms with E-state index in [4.69, 9.17) is 0 Å². The van der Waals surface area contributed by atoms with Gasteiger partial charge in [0.25, 0.3) is 0 Å². The van der Waals surface area contributed by atoms with Crippen LogP contribution in [0.3, 0.4) is 0 Å². The zero-order valence-corrected chi connectivity index (χ0v) is 14.6. The normalized spacial score (nSPS) is 13.2. The number of rotatable bonds is 5. The van der Waals surface area contributed by atoms with Crippen molar-refractivity contribution in [2.24, 2.45) is 0 Å². The van der Waals surface area contributed by atoms with E-state index >= 15 is 0 Å². The number of nitrogens with zero attached hydrogens (tertiary/aromatic N) is 1. The first-order chi connectivity index (χ1) is 12.1. The molecular formula is C21H24N2O2. The molecule has 130 valence electrons. The molecule has 1 aliphatic rings. The van der Waals surface area contributed by atoms with Crippen LogP contribution in [0.5, 0.6) is 0 Å². The monoisotopic (exact) mass is 336 g/mol. The second-order valence-electron chi connectivity index (χ2n) is 6.60. The van der Waals surface area contributed by atoms with Gasteiger partial charge in [-0.3, -0.25) is 9.59 Å². The largest absolute Gasteiger partial charge is 0.352 e. The average Bonchev–Trinajstić information content (AvgIpc) is 2.65. The predicted molar refractivity (Wildman–Crippen MR) is 97.8 cm³/mol. The van der Waals surface area contributed by atoms with Crippen LogP contribution in [0.2, 0.25) is 0 Å². The summed E-state index contributed by atoms with van der Waals surface area (Å²) in [6, 6.07) is 16.3. The minimum Gasteiger partial charge on any atom is -0.352 e. The van der Waals surface area contributed by atoms with Gasteiger partial charge in [-0.2, -0.15) is 0 Å². The minimum atomic E-state index is -0.0775. The molecule has 0 saturated heterocycles. The number of nitrogens with one attached hydrogen (secondary N) is 1. The van der Waals surface area contributed by atoms with Crippen LogP contribution in [0.1, 0.15) is 35.1 Å². The lowest BCUT2D eigenvalue weighted by molar-refractivity contribution is -0.134. The van der Waals surface area contributed by atoms with Crippen LogP contribution in [0.4, 0.5) is 0 Å². The van der Waals surface area contributed by atoms with Crippen molar-refractivity contribution in [3.8, 4) is 0 Å². The van der Waals surface area contributed by atoms with Crippen molar-refractivity contribution < 1.29 is 9.59 Å². The number of fused-ring (bicyclic) bond motifs is 1. The van der Waals surface area contributed by atoms with E-state index < -0.39 is 0 Å². The van der Waals surface area contributed by atoms with Crippen molar-refractivity contribution in [2.75, 3.05) is 6.54 Å². The molecule has 1 heterocycles. The molecule has 1 N–H and O–H groups in total. The van der Waals surface area contributed by atoms with Gasteiger partial charge in [0.05, 0.1) is 0 Å². The van der Waals surface area contributed by atoms with Crippen molar-refractivity contribution >= 4 is 11.8 Å². The molecule has 0 fully saturated rings. The molecule has 2 aromatic carbocycles. The van der Waals surface area contributed by atoms with Crippen LogP contribution in [-0.4, -0.2) is 23.3 Å². The number of amides is 2. The summed E-state index contributed by atoms with van der Waals surface area (Å²) in [4.78, 5) is 26.2. The van der Waals surface area contributed by atoms with Gasteiger partial charge in [-0.25, -0.2) is 0 Å². The Morgan fingerprint density at radius 3 is 2.48 bits per heavy atom. The average molecular weight is 336 g/mol. The Morgan fingerprint density at radius 2 is 1.72 bits per heavy atom. The Kier molecular flexibility index (Phi) is 5.49. The predicted octanol–water partition coefficient (Wildman–Crippen LogP) is 2.98. The van der Waals surface area contributed by atoms with Crippen LogP contribution in [0.25, 0.3) is 0 Å². The lowest BCUT2D eigenvalue weighted by Crippen LogP contribution is -2.36. The van der Waals surface area contributed by atoms with E-state index in [0.29, 0.717) is 13.1 Å². The maximum Gasteiger partial charge on any atom is 0.223 e. The summed E-state index contributed by atoms with van der Waals surface area (Å²) in [7, 11) is 0. The van der Waals surface area contributed by atoms with Gasteiger partial charge in [-0.15, -0.1) is 0 Å². The maximum atomic E-state index is 12.4. The number of aryl methyl sites for hydroxylation is 1. The van der Waals surface area contributed by atoms with Crippen LogP contribution >= 0.6 is 0 Å². The summed E-state index contributed by atoms with van der Waals surface area (Å²) in [5, 5.41) is 2.88. The van der Waals surface area contributed by atoms with Crippen molar-refractivity contribution in [1.29, 1.82) is 0 Å². The summed E-state index contributed by atoms with van der Waals surface area (Å²) in [5.74, 6) is -0.0219. The second-order valence-corrected chi connectivity index (χ2v) is 6.60. The molecule has 0 radical (unpaired) electrons. The van der Waals surface area contributed by atoms with Gasteiger partial charge >= 0.3 is 0 Å². The highest BCUT2D eigenvalue weighted by molar-refractivity contribution is 5.83. The highest BCUT2D eigenvalue weighted by atomic mass is 16.2. The van der Waals surface area contributed by atoms with Crippen molar-refractivity contribution in [3.05, 3.63) is 70.8 Å². The highest BCUT2D eigenvalue weighted by Gasteiger charge is 2.20. The zero-order chi connectivity index (χ0) is 17.6. The van der Waals surface area contributed by atoms with E-state index in [1.54, 1.807) is 0 Å². The second kappa shape index (κ2) is 7.97. The fraction of sp³-hybridized carbons (Fsp3) is 0.333. The van der Waals surface area contributed by atoms with Gasteiger partial charge < -0.3 is 10.2 Å². The van der Waals surface area contributed by atoms with Crippen molar-refractivity contribution in [2.45, 2.75) is 39.3 Å². The summed E-state index contributed by atoms with van der Waals surface area (Å²) in [5.41, 5.74) is 4.80. The van der Waals surface area contributed by atoms with Crippen molar-refractivity contribution in [1.82, 2.24) is 10.2 Å². The first-order valence-electron chi connectivity index (χ1n) is 8.78. The van der Waals surface area contributed by atoms with E-state index in [1.807, 2.05) is 48.2 Å². The first kappa shape index (κ1) is 17.2. The summed E-state index contributed by atoms with van der Waals surface area (Å²) < 4.78 is 0. The quantitative estimate of drug-likeness (QED) is 0.912.